The first-order chi connectivity index (χ1) is 17.0. The van der Waals surface area contributed by atoms with Crippen molar-refractivity contribution in [2.75, 3.05) is 13.2 Å². The summed E-state index contributed by atoms with van der Waals surface area (Å²) in [5.41, 5.74) is 0. The molecule has 7 nitrogen and oxygen atoms in total. The highest BCUT2D eigenvalue weighted by Gasteiger charge is 2.46. The molecule has 0 aromatic heterocycles. The third-order valence-electron chi connectivity index (χ3n) is 8.14. The number of aliphatic hydroxyl groups excluding tert-OH is 1. The summed E-state index contributed by atoms with van der Waals surface area (Å²) in [6, 6.07) is 9.73. The van der Waals surface area contributed by atoms with Crippen LogP contribution in [-0.4, -0.2) is 62.3 Å². The van der Waals surface area contributed by atoms with Crippen molar-refractivity contribution in [3.63, 3.8) is 0 Å². The molecule has 204 valence electrons. The summed E-state index contributed by atoms with van der Waals surface area (Å²) in [4.78, 5) is 11.6. The number of carboxylic acid groups (broad SMARTS) is 1. The molecule has 2 aliphatic rings. The van der Waals surface area contributed by atoms with Crippen molar-refractivity contribution in [1.29, 1.82) is 0 Å². The third kappa shape index (κ3) is 8.28. The van der Waals surface area contributed by atoms with E-state index >= 15 is 0 Å². The molecule has 0 spiro atoms. The van der Waals surface area contributed by atoms with E-state index in [1.165, 1.54) is 0 Å². The molecule has 1 unspecified atom stereocenters. The van der Waals surface area contributed by atoms with Crippen molar-refractivity contribution >= 4 is 14.3 Å². The third-order valence-corrected chi connectivity index (χ3v) is 12.7. The molecular weight excluding hydrogens is 476 g/mol. The number of carboxylic acids is 1. The molecular formula is C28H46O7Si. The quantitative estimate of drug-likeness (QED) is 0.344. The van der Waals surface area contributed by atoms with Crippen molar-refractivity contribution in [3.8, 4) is 5.75 Å². The van der Waals surface area contributed by atoms with Gasteiger partial charge in [-0.05, 0) is 68.3 Å². The van der Waals surface area contributed by atoms with Crippen LogP contribution >= 0.6 is 0 Å². The van der Waals surface area contributed by atoms with Crippen molar-refractivity contribution in [1.82, 2.24) is 0 Å². The Morgan fingerprint density at radius 2 is 1.89 bits per heavy atom. The van der Waals surface area contributed by atoms with Gasteiger partial charge in [0.15, 0.2) is 14.6 Å². The van der Waals surface area contributed by atoms with Crippen LogP contribution in [0.1, 0.15) is 65.7 Å². The number of hydrogen-bond acceptors (Lipinski definition) is 6. The van der Waals surface area contributed by atoms with Crippen molar-refractivity contribution in [2.45, 2.75) is 108 Å². The minimum absolute atomic E-state index is 0.0529. The van der Waals surface area contributed by atoms with Crippen molar-refractivity contribution in [2.24, 2.45) is 11.8 Å². The number of benzene rings is 1. The highest BCUT2D eigenvalue weighted by atomic mass is 28.4. The Hall–Kier alpha value is -1.45. The Labute approximate surface area is 217 Å². The van der Waals surface area contributed by atoms with Crippen LogP contribution in [0.25, 0.3) is 0 Å². The first kappa shape index (κ1) is 29.1. The first-order valence-electron chi connectivity index (χ1n) is 13.5. The standard InChI is InChI=1S/C28H46O7Si/c1-28(2,3)36(4,5)35-21(19-33-20-11-7-6-8-12-20)14-15-22-23(17-26(30)31)24(29)18-25(22)34-27-13-9-10-16-32-27/h6-8,11-12,21-25,27,29H,9-10,13-19H2,1-5H3,(H,30,31)/t21-,22-,23-,24+,25-,27?/m1/s1. The summed E-state index contributed by atoms with van der Waals surface area (Å²) in [5, 5.41) is 20.4. The second-order valence-corrected chi connectivity index (χ2v) is 16.7. The monoisotopic (exact) mass is 522 g/mol. The van der Waals surface area contributed by atoms with E-state index in [9.17, 15) is 15.0 Å². The molecule has 0 bridgehead atoms. The Morgan fingerprint density at radius 3 is 2.50 bits per heavy atom. The van der Waals surface area contributed by atoms with E-state index < -0.39 is 20.4 Å². The van der Waals surface area contributed by atoms with Crippen LogP contribution in [0.3, 0.4) is 0 Å². The van der Waals surface area contributed by atoms with Gasteiger partial charge in [0, 0.05) is 18.9 Å². The predicted octanol–water partition coefficient (Wildman–Crippen LogP) is 5.62. The van der Waals surface area contributed by atoms with E-state index in [1.807, 2.05) is 30.3 Å². The SMILES string of the molecule is CC(C)(C)[Si](C)(C)O[C@H](CC[C@@H]1[C@@H](CC(=O)O)[C@@H](O)C[C@H]1OC1CCCCO1)COc1ccccc1. The lowest BCUT2D eigenvalue weighted by Crippen LogP contribution is -2.45. The lowest BCUT2D eigenvalue weighted by Gasteiger charge is -2.39. The van der Waals surface area contributed by atoms with Gasteiger partial charge in [-0.1, -0.05) is 39.0 Å². The maximum Gasteiger partial charge on any atom is 0.303 e. The second kappa shape index (κ2) is 12.9. The minimum atomic E-state index is -2.07. The van der Waals surface area contributed by atoms with E-state index in [1.54, 1.807) is 0 Å². The maximum absolute atomic E-state index is 11.6. The Bertz CT molecular complexity index is 804. The van der Waals surface area contributed by atoms with Crippen LogP contribution in [0.4, 0.5) is 0 Å². The largest absolute Gasteiger partial charge is 0.491 e. The van der Waals surface area contributed by atoms with Crippen molar-refractivity contribution in [3.05, 3.63) is 30.3 Å². The molecule has 1 aliphatic carbocycles. The van der Waals surface area contributed by atoms with Crippen LogP contribution in [0.5, 0.6) is 5.75 Å². The van der Waals surface area contributed by atoms with Gasteiger partial charge < -0.3 is 28.8 Å². The summed E-state index contributed by atoms with van der Waals surface area (Å²) in [6.07, 6.45) is 3.38. The first-order valence-corrected chi connectivity index (χ1v) is 16.4. The predicted molar refractivity (Wildman–Crippen MR) is 142 cm³/mol. The van der Waals surface area contributed by atoms with Gasteiger partial charge in [0.2, 0.25) is 0 Å². The van der Waals surface area contributed by atoms with Gasteiger partial charge in [0.05, 0.1) is 24.7 Å². The minimum Gasteiger partial charge on any atom is -0.491 e. The highest BCUT2D eigenvalue weighted by molar-refractivity contribution is 6.74. The molecule has 36 heavy (non-hydrogen) atoms. The fraction of sp³-hybridized carbons (Fsp3) is 0.750. The molecule has 6 atom stereocenters. The number of ether oxygens (including phenoxy) is 3. The lowest BCUT2D eigenvalue weighted by atomic mass is 9.86. The second-order valence-electron chi connectivity index (χ2n) is 11.9. The molecule has 2 fully saturated rings. The normalized spacial score (nSPS) is 28.1. The number of rotatable bonds is 12. The molecule has 0 radical (unpaired) electrons. The van der Waals surface area contributed by atoms with Crippen LogP contribution < -0.4 is 4.74 Å². The topological polar surface area (TPSA) is 94.5 Å². The van der Waals surface area contributed by atoms with Crippen LogP contribution in [0.2, 0.25) is 18.1 Å². The molecule has 1 aliphatic heterocycles. The average molecular weight is 523 g/mol. The number of hydrogen-bond donors (Lipinski definition) is 2. The van der Waals surface area contributed by atoms with Gasteiger partial charge in [0.1, 0.15) is 12.4 Å². The van der Waals surface area contributed by atoms with Gasteiger partial charge in [0.25, 0.3) is 0 Å². The number of para-hydroxylation sites is 1. The summed E-state index contributed by atoms with van der Waals surface area (Å²) < 4.78 is 25.0. The van der Waals surface area contributed by atoms with E-state index in [2.05, 4.69) is 33.9 Å². The Morgan fingerprint density at radius 1 is 1.17 bits per heavy atom. The van der Waals surface area contributed by atoms with E-state index in [-0.39, 0.29) is 41.8 Å². The lowest BCUT2D eigenvalue weighted by molar-refractivity contribution is -0.196. The Balaban J connectivity index is 1.73. The zero-order valence-electron chi connectivity index (χ0n) is 22.7. The average Bonchev–Trinajstić information content (AvgIpc) is 3.09. The molecule has 1 saturated carbocycles. The van der Waals surface area contributed by atoms with E-state index in [4.69, 9.17) is 18.6 Å². The summed E-state index contributed by atoms with van der Waals surface area (Å²) in [5.74, 6) is -0.513. The number of aliphatic hydroxyl groups is 1. The van der Waals surface area contributed by atoms with Crippen LogP contribution in [-0.2, 0) is 18.7 Å². The summed E-state index contributed by atoms with van der Waals surface area (Å²) in [7, 11) is -2.07. The fourth-order valence-electron chi connectivity index (χ4n) is 5.06. The zero-order chi connectivity index (χ0) is 26.3. The zero-order valence-corrected chi connectivity index (χ0v) is 23.7. The summed E-state index contributed by atoms with van der Waals surface area (Å²) >= 11 is 0. The molecule has 1 aromatic carbocycles. The molecule has 2 N–H and O–H groups in total. The van der Waals surface area contributed by atoms with E-state index in [0.29, 0.717) is 32.5 Å². The Kier molecular flexibility index (Phi) is 10.4. The van der Waals surface area contributed by atoms with Gasteiger partial charge in [-0.25, -0.2) is 0 Å². The molecule has 1 saturated heterocycles. The summed E-state index contributed by atoms with van der Waals surface area (Å²) in [6.45, 7) is 12.2. The van der Waals surface area contributed by atoms with E-state index in [0.717, 1.165) is 25.0 Å². The van der Waals surface area contributed by atoms with Gasteiger partial charge >= 0.3 is 5.97 Å². The van der Waals surface area contributed by atoms with Crippen LogP contribution in [0.15, 0.2) is 30.3 Å². The highest BCUT2D eigenvalue weighted by Crippen LogP contribution is 2.42. The molecule has 1 heterocycles. The van der Waals surface area contributed by atoms with Gasteiger partial charge in [-0.15, -0.1) is 0 Å². The van der Waals surface area contributed by atoms with Crippen LogP contribution in [0, 0.1) is 11.8 Å². The smallest absolute Gasteiger partial charge is 0.303 e. The fourth-order valence-corrected chi connectivity index (χ4v) is 6.43. The molecule has 0 amide bonds. The number of carbonyl (C=O) groups is 1. The molecule has 8 heteroatoms. The van der Waals surface area contributed by atoms with Crippen molar-refractivity contribution < 1.29 is 33.6 Å². The number of aliphatic carboxylic acids is 1. The molecule has 3 rings (SSSR count). The van der Waals surface area contributed by atoms with Gasteiger partial charge in [-0.2, -0.15) is 0 Å². The maximum atomic E-state index is 11.6. The molecule has 1 aromatic rings. The van der Waals surface area contributed by atoms with Gasteiger partial charge in [-0.3, -0.25) is 4.79 Å².